The number of hydrogen-bond donors (Lipinski definition) is 3. The molecule has 1 aromatic carbocycles. The van der Waals surface area contributed by atoms with E-state index in [0.29, 0.717) is 28.8 Å². The van der Waals surface area contributed by atoms with E-state index in [1.807, 2.05) is 37.4 Å². The maximum absolute atomic E-state index is 12.4. The Labute approximate surface area is 176 Å². The van der Waals surface area contributed by atoms with Crippen LogP contribution in [0, 0.1) is 0 Å². The van der Waals surface area contributed by atoms with Gasteiger partial charge in [-0.1, -0.05) is 33.3 Å². The number of piperidine rings is 1. The van der Waals surface area contributed by atoms with Gasteiger partial charge in [0.25, 0.3) is 5.56 Å². The van der Waals surface area contributed by atoms with Crippen molar-refractivity contribution < 1.29 is 9.53 Å². The number of carbonyl (C=O) groups excluding carboxylic acids is 1. The number of anilines is 1. The number of nitrogens with zero attached hydrogens (tertiary/aromatic N) is 2. The molecule has 0 aliphatic carbocycles. The van der Waals surface area contributed by atoms with E-state index in [0.717, 1.165) is 44.5 Å². The summed E-state index contributed by atoms with van der Waals surface area (Å²) in [7, 11) is 0. The molecular formula is C22H31N5O3. The summed E-state index contributed by atoms with van der Waals surface area (Å²) >= 11 is 0. The molecule has 1 saturated heterocycles. The van der Waals surface area contributed by atoms with Gasteiger partial charge < -0.3 is 15.0 Å². The van der Waals surface area contributed by atoms with Crippen LogP contribution in [-0.2, 0) is 4.74 Å². The molecule has 0 atom stereocenters. The second kappa shape index (κ2) is 10.2. The Bertz CT molecular complexity index is 1050. The highest BCUT2D eigenvalue weighted by molar-refractivity contribution is 6.06. The number of carbonyl (C=O) groups is 1. The van der Waals surface area contributed by atoms with Crippen molar-refractivity contribution in [1.82, 2.24) is 19.9 Å². The predicted molar refractivity (Wildman–Crippen MR) is 119 cm³/mol. The van der Waals surface area contributed by atoms with Crippen molar-refractivity contribution in [2.75, 3.05) is 25.0 Å². The molecule has 0 bridgehead atoms. The van der Waals surface area contributed by atoms with Crippen LogP contribution in [0.15, 0.2) is 29.1 Å². The normalized spacial score (nSPS) is 14.4. The summed E-state index contributed by atoms with van der Waals surface area (Å²) < 4.78 is 7.03. The number of hydrogen-bond acceptors (Lipinski definition) is 5. The highest BCUT2D eigenvalue weighted by Crippen LogP contribution is 2.30. The number of rotatable bonds is 5. The smallest absolute Gasteiger partial charge is 0.411 e. The molecule has 1 fully saturated rings. The fraction of sp³-hybridized carbons (Fsp3) is 0.500. The second-order valence-corrected chi connectivity index (χ2v) is 7.16. The molecule has 1 aliphatic heterocycles. The van der Waals surface area contributed by atoms with Crippen LogP contribution >= 0.6 is 0 Å². The Morgan fingerprint density at radius 3 is 2.80 bits per heavy atom. The van der Waals surface area contributed by atoms with Crippen molar-refractivity contribution in [3.63, 3.8) is 0 Å². The molecule has 0 saturated carbocycles. The lowest BCUT2D eigenvalue weighted by Crippen LogP contribution is -2.28. The van der Waals surface area contributed by atoms with Gasteiger partial charge in [0.2, 0.25) is 0 Å². The molecule has 8 nitrogen and oxygen atoms in total. The SMILES string of the molecule is CC.CCCCOC(=O)Nc1cccc2nn3c(C4CCNCC4)cc(=O)[nH]c3c12. The molecule has 0 spiro atoms. The van der Waals surface area contributed by atoms with Crippen LogP contribution in [0.3, 0.4) is 0 Å². The van der Waals surface area contributed by atoms with Crippen LogP contribution in [0.25, 0.3) is 16.6 Å². The highest BCUT2D eigenvalue weighted by Gasteiger charge is 2.22. The zero-order valence-electron chi connectivity index (χ0n) is 18.0. The molecule has 8 heteroatoms. The number of benzene rings is 1. The van der Waals surface area contributed by atoms with Gasteiger partial charge in [-0.3, -0.25) is 10.1 Å². The molecular weight excluding hydrogens is 382 g/mol. The van der Waals surface area contributed by atoms with Crippen LogP contribution in [0.4, 0.5) is 10.5 Å². The van der Waals surface area contributed by atoms with Crippen LogP contribution in [0.2, 0.25) is 0 Å². The fourth-order valence-corrected chi connectivity index (χ4v) is 3.75. The van der Waals surface area contributed by atoms with Gasteiger partial charge in [0.1, 0.15) is 5.65 Å². The van der Waals surface area contributed by atoms with E-state index < -0.39 is 6.09 Å². The minimum absolute atomic E-state index is 0.164. The Morgan fingerprint density at radius 2 is 2.07 bits per heavy atom. The molecule has 3 aromatic rings. The van der Waals surface area contributed by atoms with E-state index in [1.165, 1.54) is 0 Å². The lowest BCUT2D eigenvalue weighted by atomic mass is 9.94. The minimum Gasteiger partial charge on any atom is -0.449 e. The summed E-state index contributed by atoms with van der Waals surface area (Å²) in [6, 6.07) is 7.14. The zero-order valence-corrected chi connectivity index (χ0v) is 18.0. The maximum Gasteiger partial charge on any atom is 0.411 e. The van der Waals surface area contributed by atoms with E-state index >= 15 is 0 Å². The number of nitrogens with one attached hydrogen (secondary N) is 3. The highest BCUT2D eigenvalue weighted by atomic mass is 16.5. The first kappa shape index (κ1) is 21.8. The van der Waals surface area contributed by atoms with E-state index in [2.05, 4.69) is 15.6 Å². The monoisotopic (exact) mass is 413 g/mol. The molecule has 1 amide bonds. The van der Waals surface area contributed by atoms with Crippen LogP contribution in [0.1, 0.15) is 58.1 Å². The third-order valence-corrected chi connectivity index (χ3v) is 5.19. The lowest BCUT2D eigenvalue weighted by molar-refractivity contribution is 0.160. The molecule has 0 unspecified atom stereocenters. The predicted octanol–water partition coefficient (Wildman–Crippen LogP) is 4.02. The van der Waals surface area contributed by atoms with Gasteiger partial charge in [0, 0.05) is 12.0 Å². The number of aromatic amines is 1. The second-order valence-electron chi connectivity index (χ2n) is 7.16. The van der Waals surface area contributed by atoms with Crippen molar-refractivity contribution in [2.45, 2.75) is 52.4 Å². The lowest BCUT2D eigenvalue weighted by Gasteiger charge is -2.23. The van der Waals surface area contributed by atoms with Gasteiger partial charge in [-0.05, 0) is 44.5 Å². The fourth-order valence-electron chi connectivity index (χ4n) is 3.75. The first-order valence-corrected chi connectivity index (χ1v) is 10.9. The molecule has 3 heterocycles. The average Bonchev–Trinajstić information content (AvgIpc) is 3.15. The summed E-state index contributed by atoms with van der Waals surface area (Å²) in [5, 5.41) is 11.6. The average molecular weight is 414 g/mol. The number of fused-ring (bicyclic) bond motifs is 3. The third-order valence-electron chi connectivity index (χ3n) is 5.19. The summed E-state index contributed by atoms with van der Waals surface area (Å²) in [6.45, 7) is 8.27. The van der Waals surface area contributed by atoms with Crippen molar-refractivity contribution in [3.05, 3.63) is 40.3 Å². The van der Waals surface area contributed by atoms with Crippen molar-refractivity contribution in [2.24, 2.45) is 0 Å². The summed E-state index contributed by atoms with van der Waals surface area (Å²) in [5.41, 5.74) is 2.63. The standard InChI is InChI=1S/C20H25N5O3.C2H6/c1-2-3-11-28-20(27)22-14-5-4-6-15-18(14)19-23-17(26)12-16(25(19)24-15)13-7-9-21-10-8-13;1-2/h4-6,12-13,21H,2-3,7-11H2,1H3,(H,22,27)(H,23,26);1-2H3. The van der Waals surface area contributed by atoms with Gasteiger partial charge >= 0.3 is 6.09 Å². The molecule has 4 rings (SSSR count). The van der Waals surface area contributed by atoms with Crippen molar-refractivity contribution in [3.8, 4) is 0 Å². The Hall–Kier alpha value is -2.87. The van der Waals surface area contributed by atoms with E-state index in [-0.39, 0.29) is 11.5 Å². The van der Waals surface area contributed by atoms with Crippen LogP contribution in [-0.4, -0.2) is 40.4 Å². The zero-order chi connectivity index (χ0) is 21.5. The van der Waals surface area contributed by atoms with E-state index in [4.69, 9.17) is 9.84 Å². The molecule has 3 N–H and O–H groups in total. The maximum atomic E-state index is 12.4. The van der Waals surface area contributed by atoms with Gasteiger partial charge in [0.15, 0.2) is 0 Å². The summed E-state index contributed by atoms with van der Waals surface area (Å²) in [4.78, 5) is 27.4. The van der Waals surface area contributed by atoms with E-state index in [9.17, 15) is 9.59 Å². The molecule has 2 aromatic heterocycles. The number of H-pyrrole nitrogens is 1. The number of amides is 1. The molecule has 30 heavy (non-hydrogen) atoms. The number of aromatic nitrogens is 3. The minimum atomic E-state index is -0.503. The quantitative estimate of drug-likeness (QED) is 0.549. The van der Waals surface area contributed by atoms with Crippen molar-refractivity contribution in [1.29, 1.82) is 0 Å². The first-order chi connectivity index (χ1) is 14.7. The summed E-state index contributed by atoms with van der Waals surface area (Å²) in [5.74, 6) is 0.274. The van der Waals surface area contributed by atoms with E-state index in [1.54, 1.807) is 12.1 Å². The third kappa shape index (κ3) is 4.64. The van der Waals surface area contributed by atoms with Crippen LogP contribution in [0.5, 0.6) is 0 Å². The summed E-state index contributed by atoms with van der Waals surface area (Å²) in [6.07, 6.45) is 3.20. The Kier molecular flexibility index (Phi) is 7.46. The largest absolute Gasteiger partial charge is 0.449 e. The van der Waals surface area contributed by atoms with Crippen molar-refractivity contribution >= 4 is 28.3 Å². The van der Waals surface area contributed by atoms with Gasteiger partial charge in [-0.25, -0.2) is 9.31 Å². The van der Waals surface area contributed by atoms with Crippen LogP contribution < -0.4 is 16.2 Å². The molecule has 0 radical (unpaired) electrons. The Balaban J connectivity index is 0.00000124. The molecule has 1 aliphatic rings. The van der Waals surface area contributed by atoms with Gasteiger partial charge in [0.05, 0.1) is 28.9 Å². The topological polar surface area (TPSA) is 101 Å². The number of unbranched alkanes of at least 4 members (excludes halogenated alkanes) is 1. The number of ether oxygens (including phenoxy) is 1. The Morgan fingerprint density at radius 1 is 1.30 bits per heavy atom. The van der Waals surface area contributed by atoms with Gasteiger partial charge in [-0.15, -0.1) is 0 Å². The van der Waals surface area contributed by atoms with Gasteiger partial charge in [-0.2, -0.15) is 5.10 Å². The first-order valence-electron chi connectivity index (χ1n) is 10.9. The molecule has 162 valence electrons.